The normalized spacial score (nSPS) is 12.6. The highest BCUT2D eigenvalue weighted by Crippen LogP contribution is 2.19. The van der Waals surface area contributed by atoms with E-state index in [-0.39, 0.29) is 11.5 Å². The quantitative estimate of drug-likeness (QED) is 0.878. The van der Waals surface area contributed by atoms with Gasteiger partial charge >= 0.3 is 0 Å². The molecule has 1 unspecified atom stereocenters. The molecule has 0 bridgehead atoms. The predicted molar refractivity (Wildman–Crippen MR) is 62.7 cm³/mol. The van der Waals surface area contributed by atoms with Gasteiger partial charge in [0.25, 0.3) is 0 Å². The largest absolute Gasteiger partial charge is 0.318 e. The molecule has 2 heterocycles. The molecule has 2 N–H and O–H groups in total. The molecule has 0 aromatic carbocycles. The lowest BCUT2D eigenvalue weighted by molar-refractivity contribution is 0.537. The molecule has 17 heavy (non-hydrogen) atoms. The Labute approximate surface area is 99.3 Å². The van der Waals surface area contributed by atoms with Crippen LogP contribution in [0.2, 0.25) is 0 Å². The van der Waals surface area contributed by atoms with Crippen LogP contribution in [0.3, 0.4) is 0 Å². The van der Waals surface area contributed by atoms with E-state index in [0.717, 1.165) is 18.7 Å². The first-order valence-corrected chi connectivity index (χ1v) is 5.61. The van der Waals surface area contributed by atoms with E-state index in [9.17, 15) is 4.39 Å². The van der Waals surface area contributed by atoms with Crippen molar-refractivity contribution >= 4 is 0 Å². The average Bonchev–Trinajstić information content (AvgIpc) is 2.78. The second-order valence-corrected chi connectivity index (χ2v) is 3.83. The van der Waals surface area contributed by atoms with Gasteiger partial charge in [-0.3, -0.25) is 9.67 Å². The number of hydrogen-bond acceptors (Lipinski definition) is 3. The highest BCUT2D eigenvalue weighted by Gasteiger charge is 2.18. The van der Waals surface area contributed by atoms with Crippen molar-refractivity contribution in [1.29, 1.82) is 0 Å². The summed E-state index contributed by atoms with van der Waals surface area (Å²) in [5, 5.41) is 4.17. The van der Waals surface area contributed by atoms with Crippen molar-refractivity contribution < 1.29 is 4.39 Å². The van der Waals surface area contributed by atoms with Crippen molar-refractivity contribution in [3.63, 3.8) is 0 Å². The van der Waals surface area contributed by atoms with Gasteiger partial charge in [-0.05, 0) is 24.6 Å². The molecule has 0 spiro atoms. The summed E-state index contributed by atoms with van der Waals surface area (Å²) < 4.78 is 15.4. The molecule has 4 nitrogen and oxygen atoms in total. The molecule has 0 aliphatic carbocycles. The van der Waals surface area contributed by atoms with E-state index < -0.39 is 6.04 Å². The molecule has 90 valence electrons. The number of hydrogen-bond donors (Lipinski definition) is 1. The first kappa shape index (κ1) is 11.7. The molecule has 2 aromatic heterocycles. The van der Waals surface area contributed by atoms with Crippen molar-refractivity contribution in [3.05, 3.63) is 47.8 Å². The van der Waals surface area contributed by atoms with Crippen LogP contribution in [0.5, 0.6) is 0 Å². The summed E-state index contributed by atoms with van der Waals surface area (Å²) in [6.45, 7) is 2.82. The Morgan fingerprint density at radius 1 is 1.41 bits per heavy atom. The maximum Gasteiger partial charge on any atom is 0.146 e. The van der Waals surface area contributed by atoms with Crippen LogP contribution in [0.25, 0.3) is 0 Å². The molecule has 0 aliphatic heterocycles. The van der Waals surface area contributed by atoms with Gasteiger partial charge in [-0.1, -0.05) is 6.92 Å². The van der Waals surface area contributed by atoms with Gasteiger partial charge in [-0.2, -0.15) is 5.10 Å². The molecule has 0 aliphatic rings. The minimum absolute atomic E-state index is 0.255. The summed E-state index contributed by atoms with van der Waals surface area (Å²) in [5.74, 6) is -0.385. The number of aromatic nitrogens is 3. The van der Waals surface area contributed by atoms with E-state index in [1.54, 1.807) is 29.2 Å². The molecule has 1 atom stereocenters. The van der Waals surface area contributed by atoms with Crippen LogP contribution < -0.4 is 5.73 Å². The zero-order valence-corrected chi connectivity index (χ0v) is 9.68. The lowest BCUT2D eigenvalue weighted by Gasteiger charge is -2.13. The fourth-order valence-corrected chi connectivity index (χ4v) is 1.77. The molecule has 0 amide bonds. The molecule has 2 rings (SSSR count). The van der Waals surface area contributed by atoms with Crippen LogP contribution >= 0.6 is 0 Å². The number of halogens is 1. The highest BCUT2D eigenvalue weighted by molar-refractivity contribution is 5.22. The van der Waals surface area contributed by atoms with Crippen LogP contribution in [0.1, 0.15) is 30.8 Å². The lowest BCUT2D eigenvalue weighted by atomic mass is 10.1. The Bertz CT molecular complexity index is 495. The van der Waals surface area contributed by atoms with Crippen molar-refractivity contribution in [2.24, 2.45) is 5.73 Å². The number of nitrogens with zero attached hydrogens (tertiary/aromatic N) is 3. The standard InChI is InChI=1S/C12H15FN4/c1-2-8-17-10(5-7-16-17)11(14)12-9(13)4-3-6-15-12/h3-7,11H,2,8,14H2,1H3. The minimum Gasteiger partial charge on any atom is -0.318 e. The molecule has 0 saturated heterocycles. The summed E-state index contributed by atoms with van der Waals surface area (Å²) in [6, 6.07) is 4.14. The molecular formula is C12H15FN4. The number of aryl methyl sites for hydroxylation is 1. The van der Waals surface area contributed by atoms with Gasteiger partial charge in [0.15, 0.2) is 0 Å². The summed E-state index contributed by atoms with van der Waals surface area (Å²) in [5.41, 5.74) is 7.07. The van der Waals surface area contributed by atoms with E-state index in [1.807, 2.05) is 0 Å². The van der Waals surface area contributed by atoms with Gasteiger partial charge in [0.2, 0.25) is 0 Å². The second-order valence-electron chi connectivity index (χ2n) is 3.83. The van der Waals surface area contributed by atoms with Gasteiger partial charge in [0.05, 0.1) is 17.4 Å². The van der Waals surface area contributed by atoms with Crippen LogP contribution in [-0.2, 0) is 6.54 Å². The fourth-order valence-electron chi connectivity index (χ4n) is 1.77. The van der Waals surface area contributed by atoms with Crippen molar-refractivity contribution in [2.45, 2.75) is 25.9 Å². The molecule has 5 heteroatoms. The van der Waals surface area contributed by atoms with E-state index >= 15 is 0 Å². The summed E-state index contributed by atoms with van der Waals surface area (Å²) in [6.07, 6.45) is 4.16. The SMILES string of the molecule is CCCn1nccc1C(N)c1ncccc1F. The van der Waals surface area contributed by atoms with Crippen molar-refractivity contribution in [1.82, 2.24) is 14.8 Å². The van der Waals surface area contributed by atoms with Gasteiger partial charge < -0.3 is 5.73 Å². The van der Waals surface area contributed by atoms with Crippen LogP contribution in [0.4, 0.5) is 4.39 Å². The van der Waals surface area contributed by atoms with Crippen molar-refractivity contribution in [2.75, 3.05) is 0 Å². The van der Waals surface area contributed by atoms with Gasteiger partial charge in [0.1, 0.15) is 5.82 Å². The predicted octanol–water partition coefficient (Wildman–Crippen LogP) is 1.88. The number of pyridine rings is 1. The Balaban J connectivity index is 2.34. The minimum atomic E-state index is -0.578. The Kier molecular flexibility index (Phi) is 3.49. The summed E-state index contributed by atoms with van der Waals surface area (Å²) >= 11 is 0. The van der Waals surface area contributed by atoms with Crippen molar-refractivity contribution in [3.8, 4) is 0 Å². The van der Waals surface area contributed by atoms with Gasteiger partial charge in [-0.25, -0.2) is 4.39 Å². The maximum atomic E-state index is 13.6. The molecular weight excluding hydrogens is 219 g/mol. The summed E-state index contributed by atoms with van der Waals surface area (Å²) in [7, 11) is 0. The first-order valence-electron chi connectivity index (χ1n) is 5.61. The molecule has 2 aromatic rings. The lowest BCUT2D eigenvalue weighted by Crippen LogP contribution is -2.20. The third-order valence-corrected chi connectivity index (χ3v) is 2.58. The first-order chi connectivity index (χ1) is 8.24. The smallest absolute Gasteiger partial charge is 0.146 e. The van der Waals surface area contributed by atoms with Crippen LogP contribution in [0, 0.1) is 5.82 Å². The van der Waals surface area contributed by atoms with E-state index in [2.05, 4.69) is 17.0 Å². The molecule has 0 saturated carbocycles. The average molecular weight is 234 g/mol. The maximum absolute atomic E-state index is 13.6. The number of nitrogens with two attached hydrogens (primary N) is 1. The number of rotatable bonds is 4. The zero-order valence-electron chi connectivity index (χ0n) is 9.68. The van der Waals surface area contributed by atoms with E-state index in [0.29, 0.717) is 0 Å². The van der Waals surface area contributed by atoms with E-state index in [4.69, 9.17) is 5.73 Å². The fraction of sp³-hybridized carbons (Fsp3) is 0.333. The highest BCUT2D eigenvalue weighted by atomic mass is 19.1. The molecule has 0 fully saturated rings. The summed E-state index contributed by atoms with van der Waals surface area (Å²) in [4.78, 5) is 3.99. The second kappa shape index (κ2) is 5.05. The Hall–Kier alpha value is -1.75. The van der Waals surface area contributed by atoms with Gasteiger partial charge in [-0.15, -0.1) is 0 Å². The van der Waals surface area contributed by atoms with Crippen LogP contribution in [-0.4, -0.2) is 14.8 Å². The molecule has 0 radical (unpaired) electrons. The van der Waals surface area contributed by atoms with E-state index in [1.165, 1.54) is 6.07 Å². The topological polar surface area (TPSA) is 56.7 Å². The van der Waals surface area contributed by atoms with Gasteiger partial charge in [0, 0.05) is 18.9 Å². The third kappa shape index (κ3) is 2.34. The Morgan fingerprint density at radius 3 is 2.94 bits per heavy atom. The van der Waals surface area contributed by atoms with Crippen LogP contribution in [0.15, 0.2) is 30.6 Å². The zero-order chi connectivity index (χ0) is 12.3. The Morgan fingerprint density at radius 2 is 2.24 bits per heavy atom. The monoisotopic (exact) mass is 234 g/mol. The third-order valence-electron chi connectivity index (χ3n) is 2.58.